The van der Waals surface area contributed by atoms with Crippen LogP contribution in [0.4, 0.5) is 0 Å². The van der Waals surface area contributed by atoms with Gasteiger partial charge in [-0.15, -0.1) is 0 Å². The number of nitrogens with zero attached hydrogens (tertiary/aromatic N) is 1. The molecule has 5 nitrogen and oxygen atoms in total. The molecule has 0 N–H and O–H groups in total. The molecule has 0 aromatic heterocycles. The van der Waals surface area contributed by atoms with Gasteiger partial charge in [0, 0.05) is 32.1 Å². The summed E-state index contributed by atoms with van der Waals surface area (Å²) in [4.78, 5) is 27.2. The maximum Gasteiger partial charge on any atom is 0.228 e. The van der Waals surface area contributed by atoms with Crippen molar-refractivity contribution in [3.8, 4) is 5.75 Å². The van der Waals surface area contributed by atoms with Crippen LogP contribution in [0.2, 0.25) is 0 Å². The van der Waals surface area contributed by atoms with Crippen LogP contribution >= 0.6 is 0 Å². The number of hydrogen-bond acceptors (Lipinski definition) is 4. The van der Waals surface area contributed by atoms with Gasteiger partial charge in [0.1, 0.15) is 11.4 Å². The molecule has 1 aromatic rings. The van der Waals surface area contributed by atoms with E-state index in [1.807, 2.05) is 36.9 Å². The van der Waals surface area contributed by atoms with Crippen LogP contribution in [0.25, 0.3) is 0 Å². The number of rotatable bonds is 4. The number of likely N-dealkylation sites (tertiary alicyclic amines) is 1. The van der Waals surface area contributed by atoms with E-state index in [-0.39, 0.29) is 11.7 Å². The number of amides is 1. The summed E-state index contributed by atoms with van der Waals surface area (Å²) in [6.45, 7) is 5.55. The van der Waals surface area contributed by atoms with E-state index in [9.17, 15) is 9.59 Å². The Labute approximate surface area is 142 Å². The normalized spacial score (nSPS) is 23.3. The molecule has 0 saturated carbocycles. The summed E-state index contributed by atoms with van der Waals surface area (Å²) in [5, 5.41) is 0. The fourth-order valence-electron chi connectivity index (χ4n) is 3.58. The van der Waals surface area contributed by atoms with E-state index < -0.39 is 11.0 Å². The largest absolute Gasteiger partial charge is 0.484 e. The number of methoxy groups -OCH3 is 1. The first kappa shape index (κ1) is 17.0. The summed E-state index contributed by atoms with van der Waals surface area (Å²) in [6, 6.07) is 7.36. The first-order chi connectivity index (χ1) is 11.4. The maximum atomic E-state index is 12.9. The summed E-state index contributed by atoms with van der Waals surface area (Å²) in [5.41, 5.74) is -0.398. The number of hydrogen-bond donors (Lipinski definition) is 0. The third kappa shape index (κ3) is 3.05. The van der Waals surface area contributed by atoms with Gasteiger partial charge >= 0.3 is 0 Å². The fraction of sp³-hybridized carbons (Fsp3) is 0.579. The molecule has 1 atom stereocenters. The van der Waals surface area contributed by atoms with Crippen molar-refractivity contribution in [2.75, 3.05) is 26.8 Å². The van der Waals surface area contributed by atoms with Crippen molar-refractivity contribution >= 4 is 11.7 Å². The maximum absolute atomic E-state index is 12.9. The van der Waals surface area contributed by atoms with Crippen LogP contribution in [0.3, 0.4) is 0 Å². The van der Waals surface area contributed by atoms with E-state index in [0.29, 0.717) is 50.3 Å². The summed E-state index contributed by atoms with van der Waals surface area (Å²) in [7, 11) is 1.64. The van der Waals surface area contributed by atoms with Gasteiger partial charge in [0.05, 0.1) is 18.5 Å². The Hall–Kier alpha value is -1.88. The molecule has 0 radical (unpaired) electrons. The second-order valence-corrected chi connectivity index (χ2v) is 7.48. The SMILES string of the molecule is COCCC(C)(C)C(=O)N1CC[C@]2(CC(=O)c3ccccc3O2)C1. The Bertz CT molecular complexity index is 655. The molecular formula is C19H25NO4. The number of benzene rings is 1. The van der Waals surface area contributed by atoms with Gasteiger partial charge in [0.15, 0.2) is 5.78 Å². The molecule has 0 unspecified atom stereocenters. The molecule has 130 valence electrons. The van der Waals surface area contributed by atoms with Crippen LogP contribution in [-0.2, 0) is 9.53 Å². The minimum Gasteiger partial charge on any atom is -0.484 e. The molecule has 1 fully saturated rings. The number of carbonyl (C=O) groups is 2. The average molecular weight is 331 g/mol. The van der Waals surface area contributed by atoms with E-state index >= 15 is 0 Å². The van der Waals surface area contributed by atoms with Gasteiger partial charge in [-0.1, -0.05) is 26.0 Å². The van der Waals surface area contributed by atoms with Crippen LogP contribution in [0.5, 0.6) is 5.75 Å². The molecule has 1 aromatic carbocycles. The van der Waals surface area contributed by atoms with Crippen molar-refractivity contribution in [2.45, 2.75) is 38.7 Å². The standard InChI is InChI=1S/C19H25NO4/c1-18(2,9-11-23-3)17(22)20-10-8-19(13-20)12-15(21)14-6-4-5-7-16(14)24-19/h4-7H,8-13H2,1-3H3/t19-/m0/s1. The lowest BCUT2D eigenvalue weighted by atomic mass is 9.87. The Morgan fingerprint density at radius 2 is 2.12 bits per heavy atom. The lowest BCUT2D eigenvalue weighted by Crippen LogP contribution is -2.47. The third-order valence-corrected chi connectivity index (χ3v) is 5.11. The molecule has 0 aliphatic carbocycles. The summed E-state index contributed by atoms with van der Waals surface area (Å²) < 4.78 is 11.3. The molecule has 1 amide bonds. The van der Waals surface area contributed by atoms with Crippen molar-refractivity contribution in [3.63, 3.8) is 0 Å². The Kier molecular flexibility index (Phi) is 4.38. The van der Waals surface area contributed by atoms with Gasteiger partial charge in [0.25, 0.3) is 0 Å². The highest BCUT2D eigenvalue weighted by Gasteiger charge is 2.48. The van der Waals surface area contributed by atoms with Gasteiger partial charge < -0.3 is 14.4 Å². The lowest BCUT2D eigenvalue weighted by Gasteiger charge is -2.35. The van der Waals surface area contributed by atoms with Crippen molar-refractivity contribution < 1.29 is 19.1 Å². The molecule has 5 heteroatoms. The minimum absolute atomic E-state index is 0.102. The summed E-state index contributed by atoms with van der Waals surface area (Å²) in [6.07, 6.45) is 1.71. The highest BCUT2D eigenvalue weighted by atomic mass is 16.5. The van der Waals surface area contributed by atoms with Gasteiger partial charge in [-0.2, -0.15) is 0 Å². The molecular weight excluding hydrogens is 306 g/mol. The molecule has 3 rings (SSSR count). The smallest absolute Gasteiger partial charge is 0.228 e. The number of Topliss-reactive ketones (excluding diaryl/α,β-unsaturated/α-hetero) is 1. The van der Waals surface area contributed by atoms with Gasteiger partial charge in [-0.25, -0.2) is 0 Å². The van der Waals surface area contributed by atoms with Crippen molar-refractivity contribution in [1.82, 2.24) is 4.90 Å². The van der Waals surface area contributed by atoms with Gasteiger partial charge in [0.2, 0.25) is 5.91 Å². The molecule has 2 aliphatic heterocycles. The number of ether oxygens (including phenoxy) is 2. The molecule has 2 aliphatic rings. The monoisotopic (exact) mass is 331 g/mol. The van der Waals surface area contributed by atoms with Crippen molar-refractivity contribution in [1.29, 1.82) is 0 Å². The first-order valence-corrected chi connectivity index (χ1v) is 8.46. The van der Waals surface area contributed by atoms with Gasteiger partial charge in [-0.3, -0.25) is 9.59 Å². The quantitative estimate of drug-likeness (QED) is 0.851. The number of fused-ring (bicyclic) bond motifs is 1. The molecule has 2 heterocycles. The van der Waals surface area contributed by atoms with Crippen LogP contribution in [0.15, 0.2) is 24.3 Å². The predicted octanol–water partition coefficient (Wildman–Crippen LogP) is 2.69. The highest BCUT2D eigenvalue weighted by molar-refractivity contribution is 6.00. The zero-order valence-electron chi connectivity index (χ0n) is 14.6. The van der Waals surface area contributed by atoms with Crippen LogP contribution in [0.1, 0.15) is 43.5 Å². The minimum atomic E-state index is -0.571. The zero-order valence-corrected chi connectivity index (χ0v) is 14.6. The topological polar surface area (TPSA) is 55.8 Å². The summed E-state index contributed by atoms with van der Waals surface area (Å²) >= 11 is 0. The number of para-hydroxylation sites is 1. The summed E-state index contributed by atoms with van der Waals surface area (Å²) in [5.74, 6) is 0.845. The Morgan fingerprint density at radius 3 is 2.88 bits per heavy atom. The van der Waals surface area contributed by atoms with Crippen molar-refractivity contribution in [3.05, 3.63) is 29.8 Å². The third-order valence-electron chi connectivity index (χ3n) is 5.11. The van der Waals surface area contributed by atoms with E-state index in [0.717, 1.165) is 0 Å². The molecule has 1 spiro atoms. The predicted molar refractivity (Wildman–Crippen MR) is 90.2 cm³/mol. The lowest BCUT2D eigenvalue weighted by molar-refractivity contribution is -0.141. The number of carbonyl (C=O) groups excluding carboxylic acids is 2. The molecule has 0 bridgehead atoms. The van der Waals surface area contributed by atoms with Gasteiger partial charge in [-0.05, 0) is 18.6 Å². The van der Waals surface area contributed by atoms with Crippen LogP contribution < -0.4 is 4.74 Å². The molecule has 1 saturated heterocycles. The van der Waals surface area contributed by atoms with Crippen LogP contribution in [0, 0.1) is 5.41 Å². The first-order valence-electron chi connectivity index (χ1n) is 8.46. The second kappa shape index (κ2) is 6.20. The van der Waals surface area contributed by atoms with E-state index in [4.69, 9.17) is 9.47 Å². The van der Waals surface area contributed by atoms with E-state index in [2.05, 4.69) is 0 Å². The van der Waals surface area contributed by atoms with E-state index in [1.165, 1.54) is 0 Å². The van der Waals surface area contributed by atoms with Crippen LogP contribution in [-0.4, -0.2) is 49.0 Å². The van der Waals surface area contributed by atoms with E-state index in [1.54, 1.807) is 13.2 Å². The molecule has 24 heavy (non-hydrogen) atoms. The Morgan fingerprint density at radius 1 is 1.38 bits per heavy atom. The number of ketones is 1. The Balaban J connectivity index is 1.74. The van der Waals surface area contributed by atoms with Crippen molar-refractivity contribution in [2.24, 2.45) is 5.41 Å². The fourth-order valence-corrected chi connectivity index (χ4v) is 3.58. The highest BCUT2D eigenvalue weighted by Crippen LogP contribution is 2.39. The average Bonchev–Trinajstić information content (AvgIpc) is 2.95. The zero-order chi connectivity index (χ0) is 17.4. The second-order valence-electron chi connectivity index (χ2n) is 7.48.